The van der Waals surface area contributed by atoms with Crippen molar-refractivity contribution in [1.82, 2.24) is 4.90 Å². The molecule has 1 N–H and O–H groups in total. The van der Waals surface area contributed by atoms with Gasteiger partial charge in [0.2, 0.25) is 0 Å². The van der Waals surface area contributed by atoms with Gasteiger partial charge >= 0.3 is 12.4 Å². The van der Waals surface area contributed by atoms with E-state index in [0.29, 0.717) is 29.3 Å². The molecule has 0 aliphatic carbocycles. The summed E-state index contributed by atoms with van der Waals surface area (Å²) in [6.45, 7) is 6.63. The second-order valence-electron chi connectivity index (χ2n) is 9.01. The van der Waals surface area contributed by atoms with Gasteiger partial charge in [0.1, 0.15) is 0 Å². The molecule has 3 aromatic carbocycles. The molecule has 8 heteroatoms. The summed E-state index contributed by atoms with van der Waals surface area (Å²) in [4.78, 5) is 2.27. The third-order valence-electron chi connectivity index (χ3n) is 6.37. The van der Waals surface area contributed by atoms with Crippen molar-refractivity contribution < 1.29 is 31.4 Å². The van der Waals surface area contributed by atoms with Crippen LogP contribution in [0.5, 0.6) is 0 Å². The quantitative estimate of drug-likeness (QED) is 0.224. The van der Waals surface area contributed by atoms with Crippen molar-refractivity contribution >= 4 is 21.5 Å². The topological polar surface area (TPSA) is 23.5 Å². The number of alkyl halides is 6. The van der Waals surface area contributed by atoms with E-state index in [-0.39, 0.29) is 10.8 Å². The predicted octanol–water partition coefficient (Wildman–Crippen LogP) is 8.36. The van der Waals surface area contributed by atoms with Gasteiger partial charge in [-0.3, -0.25) is 0 Å². The van der Waals surface area contributed by atoms with Gasteiger partial charge in [0.25, 0.3) is 0 Å². The number of fused-ring (bicyclic) bond motifs is 3. The minimum Gasteiger partial charge on any atom is -0.388 e. The average molecular weight is 500 g/mol. The van der Waals surface area contributed by atoms with Gasteiger partial charge in [-0.15, -0.1) is 0 Å². The van der Waals surface area contributed by atoms with Crippen molar-refractivity contribution in [2.45, 2.75) is 64.4 Å². The molecule has 2 nitrogen and oxygen atoms in total. The minimum atomic E-state index is -4.64. The lowest BCUT2D eigenvalue weighted by Gasteiger charge is -2.24. The van der Waals surface area contributed by atoms with Crippen molar-refractivity contribution in [3.8, 4) is 0 Å². The molecule has 0 aromatic heterocycles. The smallest absolute Gasteiger partial charge is 0.388 e. The SMILES string of the molecule is CCCCN(CCCC)CC[C@@H](O)c1cc2ccc(C(F)(F)F)cc2c2cc(C(F)(F)F)ccc12. The van der Waals surface area contributed by atoms with Crippen molar-refractivity contribution in [3.05, 3.63) is 59.2 Å². The monoisotopic (exact) mass is 499 g/mol. The number of benzene rings is 3. The van der Waals surface area contributed by atoms with E-state index < -0.39 is 29.6 Å². The van der Waals surface area contributed by atoms with Crippen LogP contribution in [0.4, 0.5) is 26.3 Å². The summed E-state index contributed by atoms with van der Waals surface area (Å²) in [5.41, 5.74) is -1.45. The molecule has 0 unspecified atom stereocenters. The van der Waals surface area contributed by atoms with Crippen molar-refractivity contribution in [2.75, 3.05) is 19.6 Å². The zero-order chi connectivity index (χ0) is 25.8. The van der Waals surface area contributed by atoms with Crippen molar-refractivity contribution in [2.24, 2.45) is 0 Å². The van der Waals surface area contributed by atoms with Gasteiger partial charge in [-0.05, 0) is 89.8 Å². The first-order valence-electron chi connectivity index (χ1n) is 12.0. The summed E-state index contributed by atoms with van der Waals surface area (Å²) in [6, 6.07) is 7.68. The standard InChI is InChI=1S/C27H31F6NO/c1-3-5-12-34(13-6-4-2)14-11-25(35)24-15-18-7-8-19(26(28,29)30)16-22(18)23-17-20(27(31,32)33)9-10-21(23)24/h7-10,15-17,25,35H,3-6,11-14H2,1-2H3/t25-/m1/s1. The number of nitrogens with zero attached hydrogens (tertiary/aromatic N) is 1. The largest absolute Gasteiger partial charge is 0.416 e. The molecule has 0 amide bonds. The molecule has 0 saturated heterocycles. The summed E-state index contributed by atoms with van der Waals surface area (Å²) < 4.78 is 80.2. The normalized spacial score (nSPS) is 13.8. The molecule has 0 aliphatic heterocycles. The Bertz CT molecular complexity index is 1130. The third kappa shape index (κ3) is 6.67. The molecule has 0 saturated carbocycles. The second kappa shape index (κ2) is 11.2. The van der Waals surface area contributed by atoms with E-state index >= 15 is 0 Å². The Balaban J connectivity index is 2.05. The molecule has 3 aromatic rings. The number of hydrogen-bond acceptors (Lipinski definition) is 2. The van der Waals surface area contributed by atoms with Crippen LogP contribution in [0.25, 0.3) is 21.5 Å². The fraction of sp³-hybridized carbons (Fsp3) is 0.481. The van der Waals surface area contributed by atoms with Crippen LogP contribution < -0.4 is 0 Å². The second-order valence-corrected chi connectivity index (χ2v) is 9.01. The number of aliphatic hydroxyl groups excluding tert-OH is 1. The lowest BCUT2D eigenvalue weighted by molar-refractivity contribution is -0.138. The maximum Gasteiger partial charge on any atom is 0.416 e. The molecule has 0 heterocycles. The van der Waals surface area contributed by atoms with Crippen LogP contribution in [0.15, 0.2) is 42.5 Å². The van der Waals surface area contributed by atoms with E-state index in [1.54, 1.807) is 6.07 Å². The molecule has 35 heavy (non-hydrogen) atoms. The number of rotatable bonds is 10. The summed E-state index contributed by atoms with van der Waals surface area (Å²) in [5.74, 6) is 0. The van der Waals surface area contributed by atoms with Crippen LogP contribution in [0.1, 0.15) is 68.7 Å². The Hall–Kier alpha value is -2.32. The summed E-state index contributed by atoms with van der Waals surface area (Å²) in [5, 5.41) is 11.9. The molecular weight excluding hydrogens is 468 g/mol. The summed E-state index contributed by atoms with van der Waals surface area (Å²) in [6.07, 6.45) is -5.72. The van der Waals surface area contributed by atoms with Gasteiger partial charge in [0, 0.05) is 6.54 Å². The lowest BCUT2D eigenvalue weighted by Crippen LogP contribution is -2.28. The molecule has 0 aliphatic rings. The highest BCUT2D eigenvalue weighted by atomic mass is 19.4. The molecule has 192 valence electrons. The van der Waals surface area contributed by atoms with E-state index in [1.165, 1.54) is 12.1 Å². The van der Waals surface area contributed by atoms with Crippen LogP contribution in [0.2, 0.25) is 0 Å². The lowest BCUT2D eigenvalue weighted by atomic mass is 9.91. The van der Waals surface area contributed by atoms with Crippen LogP contribution in [0, 0.1) is 0 Å². The number of hydrogen-bond donors (Lipinski definition) is 1. The Morgan fingerprint density at radius 3 is 1.80 bits per heavy atom. The molecule has 0 bridgehead atoms. The number of aliphatic hydroxyl groups is 1. The number of halogens is 6. The summed E-state index contributed by atoms with van der Waals surface area (Å²) in [7, 11) is 0. The third-order valence-corrected chi connectivity index (χ3v) is 6.37. The highest BCUT2D eigenvalue weighted by Crippen LogP contribution is 2.40. The van der Waals surface area contributed by atoms with Gasteiger partial charge in [0.15, 0.2) is 0 Å². The zero-order valence-corrected chi connectivity index (χ0v) is 19.9. The maximum atomic E-state index is 13.4. The Morgan fingerprint density at radius 2 is 1.26 bits per heavy atom. The van der Waals surface area contributed by atoms with Gasteiger partial charge in [-0.1, -0.05) is 38.8 Å². The van der Waals surface area contributed by atoms with Gasteiger partial charge in [-0.2, -0.15) is 26.3 Å². The van der Waals surface area contributed by atoms with Crippen LogP contribution in [-0.2, 0) is 12.4 Å². The van der Waals surface area contributed by atoms with Crippen LogP contribution in [0.3, 0.4) is 0 Å². The van der Waals surface area contributed by atoms with E-state index in [1.807, 2.05) is 0 Å². The highest BCUT2D eigenvalue weighted by molar-refractivity contribution is 6.09. The first-order chi connectivity index (χ1) is 16.5. The fourth-order valence-electron chi connectivity index (χ4n) is 4.37. The predicted molar refractivity (Wildman–Crippen MR) is 127 cm³/mol. The van der Waals surface area contributed by atoms with Gasteiger partial charge in [0.05, 0.1) is 17.2 Å². The molecular formula is C27H31F6NO. The molecule has 3 rings (SSSR count). The van der Waals surface area contributed by atoms with Crippen LogP contribution in [-0.4, -0.2) is 29.6 Å². The van der Waals surface area contributed by atoms with Gasteiger partial charge < -0.3 is 10.0 Å². The Kier molecular flexibility index (Phi) is 8.70. The molecule has 0 fully saturated rings. The van der Waals surface area contributed by atoms with E-state index in [2.05, 4.69) is 18.7 Å². The summed E-state index contributed by atoms with van der Waals surface area (Å²) >= 11 is 0. The van der Waals surface area contributed by atoms with Crippen molar-refractivity contribution in [1.29, 1.82) is 0 Å². The highest BCUT2D eigenvalue weighted by Gasteiger charge is 2.32. The zero-order valence-electron chi connectivity index (χ0n) is 19.9. The van der Waals surface area contributed by atoms with E-state index in [9.17, 15) is 31.4 Å². The molecule has 0 radical (unpaired) electrons. The van der Waals surface area contributed by atoms with E-state index in [0.717, 1.165) is 63.0 Å². The first-order valence-corrected chi connectivity index (χ1v) is 12.0. The average Bonchev–Trinajstić information content (AvgIpc) is 2.81. The maximum absolute atomic E-state index is 13.4. The Labute approximate surface area is 201 Å². The van der Waals surface area contributed by atoms with E-state index in [4.69, 9.17) is 0 Å². The molecule has 1 atom stereocenters. The van der Waals surface area contributed by atoms with Crippen LogP contribution >= 0.6 is 0 Å². The fourth-order valence-corrected chi connectivity index (χ4v) is 4.37. The van der Waals surface area contributed by atoms with Crippen molar-refractivity contribution in [3.63, 3.8) is 0 Å². The van der Waals surface area contributed by atoms with Gasteiger partial charge in [-0.25, -0.2) is 0 Å². The minimum absolute atomic E-state index is 0.0475. The first kappa shape index (κ1) is 27.3. The Morgan fingerprint density at radius 1 is 0.714 bits per heavy atom. The number of unbranched alkanes of at least 4 members (excludes halogenated alkanes) is 2. The molecule has 0 spiro atoms.